The van der Waals surface area contributed by atoms with E-state index in [-0.39, 0.29) is 0 Å². The van der Waals surface area contributed by atoms with Gasteiger partial charge in [-0.1, -0.05) is 20.8 Å². The Hall–Kier alpha value is -0.0800. The molecule has 1 atom stereocenters. The van der Waals surface area contributed by atoms with Crippen molar-refractivity contribution in [3.8, 4) is 0 Å². The number of hydrogen-bond donors (Lipinski definition) is 1. The molecule has 0 aliphatic rings. The Morgan fingerprint density at radius 1 is 1.36 bits per heavy atom. The lowest BCUT2D eigenvalue weighted by Crippen LogP contribution is -2.41. The number of nitrogens with zero attached hydrogens (tertiary/aromatic N) is 1. The standard InChI is InChI=1S/C9H22N2/c1-5-6-11(4)9(7-10)8(2)3/h8-9H,5-7,10H2,1-4H3. The minimum absolute atomic E-state index is 0.551. The van der Waals surface area contributed by atoms with Crippen molar-refractivity contribution in [2.45, 2.75) is 33.2 Å². The monoisotopic (exact) mass is 158 g/mol. The van der Waals surface area contributed by atoms with Crippen LogP contribution >= 0.6 is 0 Å². The summed E-state index contributed by atoms with van der Waals surface area (Å²) in [5.41, 5.74) is 5.66. The van der Waals surface area contributed by atoms with Gasteiger partial charge in [0.05, 0.1) is 0 Å². The van der Waals surface area contributed by atoms with Crippen LogP contribution in [0.1, 0.15) is 27.2 Å². The molecule has 0 heterocycles. The highest BCUT2D eigenvalue weighted by atomic mass is 15.1. The summed E-state index contributed by atoms with van der Waals surface area (Å²) >= 11 is 0. The predicted molar refractivity (Wildman–Crippen MR) is 50.6 cm³/mol. The van der Waals surface area contributed by atoms with E-state index in [0.717, 1.165) is 13.1 Å². The summed E-state index contributed by atoms with van der Waals surface area (Å²) in [6.07, 6.45) is 1.21. The molecule has 0 saturated carbocycles. The highest BCUT2D eigenvalue weighted by molar-refractivity contribution is 4.72. The zero-order valence-corrected chi connectivity index (χ0v) is 8.30. The molecule has 0 bridgehead atoms. The van der Waals surface area contributed by atoms with Gasteiger partial charge in [-0.2, -0.15) is 0 Å². The van der Waals surface area contributed by atoms with E-state index in [2.05, 4.69) is 32.7 Å². The topological polar surface area (TPSA) is 29.3 Å². The smallest absolute Gasteiger partial charge is 0.0238 e. The molecule has 0 aromatic rings. The van der Waals surface area contributed by atoms with Gasteiger partial charge in [-0.05, 0) is 25.9 Å². The molecule has 0 rings (SSSR count). The average Bonchev–Trinajstić information content (AvgIpc) is 1.88. The molecule has 11 heavy (non-hydrogen) atoms. The second kappa shape index (κ2) is 5.56. The second-order valence-corrected chi connectivity index (χ2v) is 3.53. The van der Waals surface area contributed by atoms with Crippen molar-refractivity contribution in [3.63, 3.8) is 0 Å². The van der Waals surface area contributed by atoms with Crippen molar-refractivity contribution < 1.29 is 0 Å². The van der Waals surface area contributed by atoms with Crippen LogP contribution in [-0.2, 0) is 0 Å². The number of likely N-dealkylation sites (N-methyl/N-ethyl adjacent to an activating group) is 1. The molecule has 2 nitrogen and oxygen atoms in total. The summed E-state index contributed by atoms with van der Waals surface area (Å²) in [4.78, 5) is 2.35. The maximum atomic E-state index is 5.66. The van der Waals surface area contributed by atoms with Crippen LogP contribution in [0.25, 0.3) is 0 Å². The minimum Gasteiger partial charge on any atom is -0.329 e. The van der Waals surface area contributed by atoms with Crippen LogP contribution in [-0.4, -0.2) is 31.1 Å². The summed E-state index contributed by atoms with van der Waals surface area (Å²) < 4.78 is 0. The third-order valence-corrected chi connectivity index (χ3v) is 2.15. The van der Waals surface area contributed by atoms with Gasteiger partial charge in [-0.3, -0.25) is 0 Å². The average molecular weight is 158 g/mol. The van der Waals surface area contributed by atoms with Crippen LogP contribution < -0.4 is 5.73 Å². The van der Waals surface area contributed by atoms with E-state index < -0.39 is 0 Å². The summed E-state index contributed by atoms with van der Waals surface area (Å²) in [5.74, 6) is 0.663. The molecule has 1 unspecified atom stereocenters. The van der Waals surface area contributed by atoms with Gasteiger partial charge in [0.15, 0.2) is 0 Å². The number of nitrogens with two attached hydrogens (primary N) is 1. The molecule has 2 heteroatoms. The molecule has 0 aromatic carbocycles. The second-order valence-electron chi connectivity index (χ2n) is 3.53. The van der Waals surface area contributed by atoms with Crippen LogP contribution in [0.3, 0.4) is 0 Å². The molecule has 0 radical (unpaired) electrons. The highest BCUT2D eigenvalue weighted by Gasteiger charge is 2.15. The molecular formula is C9H22N2. The Morgan fingerprint density at radius 2 is 1.91 bits per heavy atom. The van der Waals surface area contributed by atoms with Crippen molar-refractivity contribution >= 4 is 0 Å². The normalized spacial score (nSPS) is 14.5. The number of hydrogen-bond acceptors (Lipinski definition) is 2. The van der Waals surface area contributed by atoms with Crippen molar-refractivity contribution in [3.05, 3.63) is 0 Å². The first-order valence-corrected chi connectivity index (χ1v) is 4.53. The molecule has 0 spiro atoms. The van der Waals surface area contributed by atoms with E-state index in [1.807, 2.05) is 0 Å². The molecule has 0 aromatic heterocycles. The lowest BCUT2D eigenvalue weighted by molar-refractivity contribution is 0.198. The Balaban J connectivity index is 3.81. The maximum Gasteiger partial charge on any atom is 0.0238 e. The van der Waals surface area contributed by atoms with E-state index in [4.69, 9.17) is 5.73 Å². The summed E-state index contributed by atoms with van der Waals surface area (Å²) in [6, 6.07) is 0.551. The van der Waals surface area contributed by atoms with E-state index in [0.29, 0.717) is 12.0 Å². The first-order valence-electron chi connectivity index (χ1n) is 4.53. The van der Waals surface area contributed by atoms with Gasteiger partial charge in [0.25, 0.3) is 0 Å². The Kier molecular flexibility index (Phi) is 5.51. The number of rotatable bonds is 5. The lowest BCUT2D eigenvalue weighted by Gasteiger charge is -2.29. The van der Waals surface area contributed by atoms with Gasteiger partial charge in [0, 0.05) is 12.6 Å². The fourth-order valence-electron chi connectivity index (χ4n) is 1.48. The zero-order valence-electron chi connectivity index (χ0n) is 8.30. The van der Waals surface area contributed by atoms with Gasteiger partial charge >= 0.3 is 0 Å². The first kappa shape index (κ1) is 10.9. The highest BCUT2D eigenvalue weighted by Crippen LogP contribution is 2.07. The third kappa shape index (κ3) is 3.73. The Labute approximate surface area is 70.8 Å². The molecular weight excluding hydrogens is 136 g/mol. The van der Waals surface area contributed by atoms with Crippen molar-refractivity contribution in [2.75, 3.05) is 20.1 Å². The zero-order chi connectivity index (χ0) is 8.85. The summed E-state index contributed by atoms with van der Waals surface area (Å²) in [5, 5.41) is 0. The van der Waals surface area contributed by atoms with Crippen LogP contribution in [0, 0.1) is 5.92 Å². The van der Waals surface area contributed by atoms with E-state index in [1.165, 1.54) is 6.42 Å². The quantitative estimate of drug-likeness (QED) is 0.653. The maximum absolute atomic E-state index is 5.66. The first-order chi connectivity index (χ1) is 5.13. The van der Waals surface area contributed by atoms with Gasteiger partial charge in [-0.15, -0.1) is 0 Å². The van der Waals surface area contributed by atoms with Gasteiger partial charge < -0.3 is 10.6 Å². The molecule has 0 amide bonds. The van der Waals surface area contributed by atoms with E-state index in [9.17, 15) is 0 Å². The van der Waals surface area contributed by atoms with E-state index in [1.54, 1.807) is 0 Å². The molecule has 68 valence electrons. The third-order valence-electron chi connectivity index (χ3n) is 2.15. The van der Waals surface area contributed by atoms with Crippen LogP contribution in [0.5, 0.6) is 0 Å². The SMILES string of the molecule is CCCN(C)C(CN)C(C)C. The Morgan fingerprint density at radius 3 is 2.18 bits per heavy atom. The van der Waals surface area contributed by atoms with Crippen LogP contribution in [0.4, 0.5) is 0 Å². The molecule has 2 N–H and O–H groups in total. The molecule has 0 aliphatic heterocycles. The molecule has 0 fully saturated rings. The van der Waals surface area contributed by atoms with Crippen molar-refractivity contribution in [1.82, 2.24) is 4.90 Å². The van der Waals surface area contributed by atoms with E-state index >= 15 is 0 Å². The summed E-state index contributed by atoms with van der Waals surface area (Å²) in [7, 11) is 2.15. The lowest BCUT2D eigenvalue weighted by atomic mass is 10.0. The van der Waals surface area contributed by atoms with Crippen LogP contribution in [0.15, 0.2) is 0 Å². The molecule has 0 saturated heterocycles. The fourth-order valence-corrected chi connectivity index (χ4v) is 1.48. The largest absolute Gasteiger partial charge is 0.329 e. The van der Waals surface area contributed by atoms with Crippen molar-refractivity contribution in [2.24, 2.45) is 11.7 Å². The minimum atomic E-state index is 0.551. The van der Waals surface area contributed by atoms with Crippen LogP contribution in [0.2, 0.25) is 0 Å². The predicted octanol–water partition coefficient (Wildman–Crippen LogP) is 1.31. The molecule has 0 aliphatic carbocycles. The Bertz CT molecular complexity index is 91.6. The fraction of sp³-hybridized carbons (Fsp3) is 1.00. The summed E-state index contributed by atoms with van der Waals surface area (Å²) in [6.45, 7) is 8.58. The van der Waals surface area contributed by atoms with Gasteiger partial charge in [0.2, 0.25) is 0 Å². The van der Waals surface area contributed by atoms with Crippen molar-refractivity contribution in [1.29, 1.82) is 0 Å². The van der Waals surface area contributed by atoms with Gasteiger partial charge in [0.1, 0.15) is 0 Å². The van der Waals surface area contributed by atoms with Gasteiger partial charge in [-0.25, -0.2) is 0 Å².